The van der Waals surface area contributed by atoms with E-state index in [1.165, 1.54) is 17.7 Å². The fourth-order valence-corrected chi connectivity index (χ4v) is 3.71. The van der Waals surface area contributed by atoms with Crippen LogP contribution in [0.4, 0.5) is 5.82 Å². The average Bonchev–Trinajstić information content (AvgIpc) is 3.24. The number of pyridine rings is 1. The zero-order valence-corrected chi connectivity index (χ0v) is 13.6. The van der Waals surface area contributed by atoms with Crippen LogP contribution >= 0.6 is 0 Å². The Labute approximate surface area is 137 Å². The first-order valence-electron chi connectivity index (χ1n) is 8.53. The molecule has 2 aliphatic rings. The van der Waals surface area contributed by atoms with Crippen LogP contribution in [0.1, 0.15) is 31.0 Å². The second kappa shape index (κ2) is 5.89. The van der Waals surface area contributed by atoms with Gasteiger partial charge in [0.2, 0.25) is 0 Å². The number of aromatic nitrogens is 3. The summed E-state index contributed by atoms with van der Waals surface area (Å²) in [6.45, 7) is 4.17. The summed E-state index contributed by atoms with van der Waals surface area (Å²) in [5.41, 5.74) is 9.73. The number of rotatable bonds is 3. The summed E-state index contributed by atoms with van der Waals surface area (Å²) in [4.78, 5) is 16.3. The van der Waals surface area contributed by atoms with Crippen LogP contribution in [0.5, 0.6) is 0 Å². The quantitative estimate of drug-likeness (QED) is 0.941. The molecule has 0 aromatic carbocycles. The molecule has 2 aromatic rings. The lowest BCUT2D eigenvalue weighted by Crippen LogP contribution is -2.30. The van der Waals surface area contributed by atoms with E-state index in [4.69, 9.17) is 15.7 Å². The molecule has 0 radical (unpaired) electrons. The molecule has 5 heteroatoms. The fourth-order valence-electron chi connectivity index (χ4n) is 3.71. The molecule has 5 nitrogen and oxygen atoms in total. The number of aryl methyl sites for hydroxylation is 1. The van der Waals surface area contributed by atoms with Crippen molar-refractivity contribution < 1.29 is 0 Å². The van der Waals surface area contributed by atoms with Crippen molar-refractivity contribution in [2.75, 3.05) is 18.0 Å². The van der Waals surface area contributed by atoms with Gasteiger partial charge in [0.1, 0.15) is 5.82 Å². The summed E-state index contributed by atoms with van der Waals surface area (Å²) in [6.07, 6.45) is 8.09. The predicted molar refractivity (Wildman–Crippen MR) is 91.3 cm³/mol. The maximum atomic E-state index is 6.11. The minimum absolute atomic E-state index is 0.245. The Bertz CT molecular complexity index is 698. The molecule has 1 fully saturated rings. The Hall–Kier alpha value is -2.01. The van der Waals surface area contributed by atoms with Gasteiger partial charge in [0, 0.05) is 48.3 Å². The molecule has 0 bridgehead atoms. The summed E-state index contributed by atoms with van der Waals surface area (Å²) in [5, 5.41) is 0. The van der Waals surface area contributed by atoms with E-state index in [1.807, 2.05) is 12.1 Å². The zero-order chi connectivity index (χ0) is 15.8. The largest absolute Gasteiger partial charge is 0.356 e. The molecule has 2 unspecified atom stereocenters. The van der Waals surface area contributed by atoms with Crippen LogP contribution in [0, 0.1) is 5.92 Å². The monoisotopic (exact) mass is 309 g/mol. The van der Waals surface area contributed by atoms with Crippen LogP contribution in [0.3, 0.4) is 0 Å². The molecule has 4 rings (SSSR count). The van der Waals surface area contributed by atoms with Crippen molar-refractivity contribution in [2.24, 2.45) is 11.7 Å². The third kappa shape index (κ3) is 2.70. The molecule has 0 saturated carbocycles. The molecular weight excluding hydrogens is 286 g/mol. The third-order valence-corrected chi connectivity index (χ3v) is 5.12. The van der Waals surface area contributed by atoms with E-state index in [-0.39, 0.29) is 6.04 Å². The van der Waals surface area contributed by atoms with Crippen LogP contribution in [-0.2, 0) is 12.8 Å². The molecule has 1 saturated heterocycles. The van der Waals surface area contributed by atoms with Crippen LogP contribution < -0.4 is 10.6 Å². The molecule has 0 spiro atoms. The smallest absolute Gasteiger partial charge is 0.161 e. The van der Waals surface area contributed by atoms with Gasteiger partial charge in [0.05, 0.1) is 0 Å². The Balaban J connectivity index is 1.73. The number of nitrogens with zero attached hydrogens (tertiary/aromatic N) is 4. The lowest BCUT2D eigenvalue weighted by atomic mass is 10.0. The molecule has 3 heterocycles. The molecule has 2 aromatic heterocycles. The highest BCUT2D eigenvalue weighted by molar-refractivity contribution is 5.61. The molecule has 1 aliphatic carbocycles. The molecular formula is C18H23N5. The SMILES string of the molecule is CC(N)C1CCN(c2nc(-c3ccncc3)nc3c2CCC3)C1. The molecule has 120 valence electrons. The number of anilines is 1. The van der Waals surface area contributed by atoms with E-state index in [0.29, 0.717) is 5.92 Å². The van der Waals surface area contributed by atoms with E-state index < -0.39 is 0 Å². The number of fused-ring (bicyclic) bond motifs is 1. The van der Waals surface area contributed by atoms with Gasteiger partial charge in [-0.25, -0.2) is 9.97 Å². The Morgan fingerprint density at radius 1 is 1.22 bits per heavy atom. The number of hydrogen-bond donors (Lipinski definition) is 1. The Morgan fingerprint density at radius 3 is 2.78 bits per heavy atom. The van der Waals surface area contributed by atoms with Gasteiger partial charge < -0.3 is 10.6 Å². The minimum atomic E-state index is 0.245. The zero-order valence-electron chi connectivity index (χ0n) is 13.6. The van der Waals surface area contributed by atoms with Gasteiger partial charge in [0.25, 0.3) is 0 Å². The highest BCUT2D eigenvalue weighted by Gasteiger charge is 2.30. The van der Waals surface area contributed by atoms with Crippen molar-refractivity contribution in [1.82, 2.24) is 15.0 Å². The molecule has 2 atom stereocenters. The lowest BCUT2D eigenvalue weighted by molar-refractivity contribution is 0.488. The average molecular weight is 309 g/mol. The van der Waals surface area contributed by atoms with Crippen molar-refractivity contribution in [2.45, 2.75) is 38.6 Å². The highest BCUT2D eigenvalue weighted by Crippen LogP contribution is 2.34. The maximum Gasteiger partial charge on any atom is 0.161 e. The van der Waals surface area contributed by atoms with Crippen molar-refractivity contribution in [1.29, 1.82) is 0 Å². The van der Waals surface area contributed by atoms with Gasteiger partial charge in [-0.05, 0) is 50.7 Å². The highest BCUT2D eigenvalue weighted by atomic mass is 15.2. The van der Waals surface area contributed by atoms with Crippen LogP contribution in [0.2, 0.25) is 0 Å². The van der Waals surface area contributed by atoms with Crippen LogP contribution in [0.15, 0.2) is 24.5 Å². The summed E-state index contributed by atoms with van der Waals surface area (Å²) in [7, 11) is 0. The lowest BCUT2D eigenvalue weighted by Gasteiger charge is -2.22. The Kier molecular flexibility index (Phi) is 3.73. The van der Waals surface area contributed by atoms with Gasteiger partial charge in [-0.1, -0.05) is 0 Å². The van der Waals surface area contributed by atoms with Crippen LogP contribution in [-0.4, -0.2) is 34.1 Å². The number of hydrogen-bond acceptors (Lipinski definition) is 5. The first-order valence-corrected chi connectivity index (χ1v) is 8.53. The minimum Gasteiger partial charge on any atom is -0.356 e. The van der Waals surface area contributed by atoms with E-state index in [0.717, 1.165) is 49.6 Å². The Morgan fingerprint density at radius 2 is 2.04 bits per heavy atom. The van der Waals surface area contributed by atoms with E-state index >= 15 is 0 Å². The van der Waals surface area contributed by atoms with Gasteiger partial charge in [-0.3, -0.25) is 4.98 Å². The predicted octanol–water partition coefficient (Wildman–Crippen LogP) is 2.20. The molecule has 2 N–H and O–H groups in total. The van der Waals surface area contributed by atoms with E-state index in [2.05, 4.69) is 16.8 Å². The molecule has 1 aliphatic heterocycles. The van der Waals surface area contributed by atoms with E-state index in [1.54, 1.807) is 12.4 Å². The van der Waals surface area contributed by atoms with Gasteiger partial charge in [-0.2, -0.15) is 0 Å². The molecule has 23 heavy (non-hydrogen) atoms. The first kappa shape index (κ1) is 14.6. The van der Waals surface area contributed by atoms with Gasteiger partial charge >= 0.3 is 0 Å². The standard InChI is InChI=1S/C18H23N5/c1-12(19)14-7-10-23(11-14)18-15-3-2-4-16(15)21-17(22-18)13-5-8-20-9-6-13/h5-6,8-9,12,14H,2-4,7,10-11,19H2,1H3. The van der Waals surface area contributed by atoms with Crippen molar-refractivity contribution in [3.63, 3.8) is 0 Å². The van der Waals surface area contributed by atoms with Crippen molar-refractivity contribution in [3.05, 3.63) is 35.8 Å². The number of nitrogens with two attached hydrogens (primary N) is 1. The first-order chi connectivity index (χ1) is 11.2. The summed E-state index contributed by atoms with van der Waals surface area (Å²) >= 11 is 0. The second-order valence-electron chi connectivity index (χ2n) is 6.74. The fraction of sp³-hybridized carbons (Fsp3) is 0.500. The third-order valence-electron chi connectivity index (χ3n) is 5.12. The van der Waals surface area contributed by atoms with Gasteiger partial charge in [0.15, 0.2) is 5.82 Å². The maximum absolute atomic E-state index is 6.11. The normalized spacial score (nSPS) is 21.5. The van der Waals surface area contributed by atoms with E-state index in [9.17, 15) is 0 Å². The topological polar surface area (TPSA) is 67.9 Å². The van der Waals surface area contributed by atoms with Crippen molar-refractivity contribution in [3.8, 4) is 11.4 Å². The summed E-state index contributed by atoms with van der Waals surface area (Å²) < 4.78 is 0. The summed E-state index contributed by atoms with van der Waals surface area (Å²) in [5.74, 6) is 2.53. The van der Waals surface area contributed by atoms with Gasteiger partial charge in [-0.15, -0.1) is 0 Å². The van der Waals surface area contributed by atoms with Crippen LogP contribution in [0.25, 0.3) is 11.4 Å². The molecule has 0 amide bonds. The second-order valence-corrected chi connectivity index (χ2v) is 6.74. The summed E-state index contributed by atoms with van der Waals surface area (Å²) in [6, 6.07) is 4.21. The van der Waals surface area contributed by atoms with Crippen molar-refractivity contribution >= 4 is 5.82 Å².